The fourth-order valence-corrected chi connectivity index (χ4v) is 2.52. The number of aromatic nitrogens is 3. The van der Waals surface area contributed by atoms with E-state index < -0.39 is 5.91 Å². The summed E-state index contributed by atoms with van der Waals surface area (Å²) in [5.41, 5.74) is 6.20. The lowest BCUT2D eigenvalue weighted by Gasteiger charge is -2.02. The molecule has 1 amide bonds. The maximum absolute atomic E-state index is 13.1. The first-order chi connectivity index (χ1) is 9.63. The first-order valence-electron chi connectivity index (χ1n) is 5.57. The van der Waals surface area contributed by atoms with E-state index in [-0.39, 0.29) is 17.3 Å². The molecule has 3 N–H and O–H groups in total. The molecule has 100 valence electrons. The van der Waals surface area contributed by atoms with Crippen molar-refractivity contribution in [3.8, 4) is 0 Å². The Kier molecular flexibility index (Phi) is 2.99. The van der Waals surface area contributed by atoms with E-state index in [9.17, 15) is 9.18 Å². The zero-order valence-electron chi connectivity index (χ0n) is 10.0. The van der Waals surface area contributed by atoms with Crippen molar-refractivity contribution in [1.82, 2.24) is 15.0 Å². The Balaban J connectivity index is 1.89. The molecule has 20 heavy (non-hydrogen) atoms. The fraction of sp³-hybridized carbons (Fsp3) is 0. The van der Waals surface area contributed by atoms with E-state index in [0.29, 0.717) is 15.3 Å². The molecule has 0 bridgehead atoms. The monoisotopic (exact) mass is 289 g/mol. The number of nitrogen functional groups attached to an aromatic ring is 1. The summed E-state index contributed by atoms with van der Waals surface area (Å²) >= 11 is 1.17. The Labute approximate surface area is 116 Å². The fourth-order valence-electron chi connectivity index (χ4n) is 1.63. The van der Waals surface area contributed by atoms with Crippen LogP contribution in [-0.2, 0) is 0 Å². The summed E-state index contributed by atoms with van der Waals surface area (Å²) in [5, 5.41) is 2.92. The van der Waals surface area contributed by atoms with Gasteiger partial charge in [-0.05, 0) is 18.2 Å². The van der Waals surface area contributed by atoms with Gasteiger partial charge in [0.2, 0.25) is 0 Å². The number of rotatable bonds is 2. The smallest absolute Gasteiger partial charge is 0.279 e. The number of hydrogen-bond donors (Lipinski definition) is 2. The number of hydrogen-bond acceptors (Lipinski definition) is 6. The van der Waals surface area contributed by atoms with Crippen LogP contribution in [0.3, 0.4) is 0 Å². The number of nitrogens with one attached hydrogen (secondary N) is 1. The molecule has 0 unspecified atom stereocenters. The van der Waals surface area contributed by atoms with E-state index in [1.807, 2.05) is 0 Å². The average molecular weight is 289 g/mol. The Hall–Kier alpha value is -2.61. The van der Waals surface area contributed by atoms with Crippen LogP contribution in [0.2, 0.25) is 0 Å². The van der Waals surface area contributed by atoms with Crippen LogP contribution in [0.1, 0.15) is 10.5 Å². The van der Waals surface area contributed by atoms with Crippen LogP contribution in [0.4, 0.5) is 15.3 Å². The van der Waals surface area contributed by atoms with Crippen molar-refractivity contribution in [2.24, 2.45) is 0 Å². The predicted molar refractivity (Wildman–Crippen MR) is 74.0 cm³/mol. The number of amides is 1. The molecule has 8 heteroatoms. The maximum Gasteiger partial charge on any atom is 0.279 e. The van der Waals surface area contributed by atoms with Gasteiger partial charge in [0, 0.05) is 12.4 Å². The van der Waals surface area contributed by atoms with Crippen molar-refractivity contribution in [3.63, 3.8) is 0 Å². The Bertz CT molecular complexity index is 803. The van der Waals surface area contributed by atoms with E-state index in [1.54, 1.807) is 6.07 Å². The van der Waals surface area contributed by atoms with Gasteiger partial charge in [-0.25, -0.2) is 19.3 Å². The molecule has 0 atom stereocenters. The van der Waals surface area contributed by atoms with Gasteiger partial charge in [0.15, 0.2) is 16.6 Å². The highest BCUT2D eigenvalue weighted by atomic mass is 32.1. The number of anilines is 2. The molecule has 0 saturated heterocycles. The number of carbonyl (C=O) groups is 1. The number of halogens is 1. The molecule has 0 aliphatic heterocycles. The van der Waals surface area contributed by atoms with Crippen LogP contribution in [0, 0.1) is 5.82 Å². The van der Waals surface area contributed by atoms with Gasteiger partial charge in [0.05, 0.1) is 10.2 Å². The van der Waals surface area contributed by atoms with Crippen molar-refractivity contribution >= 4 is 38.4 Å². The van der Waals surface area contributed by atoms with Gasteiger partial charge in [0.1, 0.15) is 5.82 Å². The number of nitrogens with zero attached hydrogens (tertiary/aromatic N) is 3. The molecule has 3 aromatic rings. The number of carbonyl (C=O) groups excluding carboxylic acids is 1. The van der Waals surface area contributed by atoms with E-state index in [1.165, 1.54) is 35.9 Å². The molecule has 0 fully saturated rings. The van der Waals surface area contributed by atoms with E-state index in [4.69, 9.17) is 5.73 Å². The molecule has 2 aromatic heterocycles. The van der Waals surface area contributed by atoms with Crippen LogP contribution in [0.25, 0.3) is 10.2 Å². The zero-order valence-corrected chi connectivity index (χ0v) is 10.8. The summed E-state index contributed by atoms with van der Waals surface area (Å²) in [5.74, 6) is -0.815. The Morgan fingerprint density at radius 1 is 1.30 bits per heavy atom. The van der Waals surface area contributed by atoms with Crippen molar-refractivity contribution in [1.29, 1.82) is 0 Å². The second kappa shape index (κ2) is 4.82. The minimum atomic E-state index is -0.505. The summed E-state index contributed by atoms with van der Waals surface area (Å²) in [7, 11) is 0. The lowest BCUT2D eigenvalue weighted by atomic mass is 10.3. The first kappa shape index (κ1) is 12.4. The third kappa shape index (κ3) is 2.28. The number of thiazole rings is 1. The highest BCUT2D eigenvalue weighted by Crippen LogP contribution is 2.26. The summed E-state index contributed by atoms with van der Waals surface area (Å²) in [6.45, 7) is 0. The van der Waals surface area contributed by atoms with E-state index in [0.717, 1.165) is 0 Å². The second-order valence-corrected chi connectivity index (χ2v) is 4.91. The molecule has 2 heterocycles. The summed E-state index contributed by atoms with van der Waals surface area (Å²) in [6, 6.07) is 4.22. The Morgan fingerprint density at radius 2 is 2.10 bits per heavy atom. The molecule has 0 radical (unpaired) electrons. The van der Waals surface area contributed by atoms with Gasteiger partial charge in [-0.15, -0.1) is 0 Å². The van der Waals surface area contributed by atoms with Crippen LogP contribution in [0.5, 0.6) is 0 Å². The molecule has 0 saturated carbocycles. The minimum absolute atomic E-state index is 0.0259. The quantitative estimate of drug-likeness (QED) is 0.753. The van der Waals surface area contributed by atoms with Gasteiger partial charge in [-0.2, -0.15) is 0 Å². The molecule has 0 aliphatic carbocycles. The van der Waals surface area contributed by atoms with Gasteiger partial charge >= 0.3 is 0 Å². The Morgan fingerprint density at radius 3 is 2.90 bits per heavy atom. The predicted octanol–water partition coefficient (Wildman–Crippen LogP) is 2.06. The summed E-state index contributed by atoms with van der Waals surface area (Å²) in [6.07, 6.45) is 2.77. The van der Waals surface area contributed by atoms with Crippen LogP contribution < -0.4 is 11.1 Å². The largest absolute Gasteiger partial charge is 0.382 e. The maximum atomic E-state index is 13.1. The zero-order chi connectivity index (χ0) is 14.1. The van der Waals surface area contributed by atoms with Crippen LogP contribution in [0.15, 0.2) is 30.6 Å². The molecular weight excluding hydrogens is 281 g/mol. The highest BCUT2D eigenvalue weighted by Gasteiger charge is 2.14. The molecule has 1 aromatic carbocycles. The highest BCUT2D eigenvalue weighted by molar-refractivity contribution is 7.22. The minimum Gasteiger partial charge on any atom is -0.382 e. The molecule has 0 aliphatic rings. The molecular formula is C12H8FN5OS. The van der Waals surface area contributed by atoms with Crippen molar-refractivity contribution < 1.29 is 9.18 Å². The van der Waals surface area contributed by atoms with E-state index in [2.05, 4.69) is 20.3 Å². The third-order valence-corrected chi connectivity index (χ3v) is 3.45. The second-order valence-electron chi connectivity index (χ2n) is 3.88. The van der Waals surface area contributed by atoms with Crippen LogP contribution >= 0.6 is 11.3 Å². The van der Waals surface area contributed by atoms with Gasteiger partial charge < -0.3 is 5.73 Å². The molecule has 6 nitrogen and oxygen atoms in total. The topological polar surface area (TPSA) is 93.8 Å². The van der Waals surface area contributed by atoms with Crippen molar-refractivity contribution in [2.75, 3.05) is 11.1 Å². The van der Waals surface area contributed by atoms with E-state index >= 15 is 0 Å². The van der Waals surface area contributed by atoms with Crippen molar-refractivity contribution in [3.05, 3.63) is 42.1 Å². The first-order valence-corrected chi connectivity index (χ1v) is 6.39. The lowest BCUT2D eigenvalue weighted by Crippen LogP contribution is -2.16. The van der Waals surface area contributed by atoms with Crippen LogP contribution in [-0.4, -0.2) is 20.9 Å². The standard InChI is InChI=1S/C12H8FN5OS/c13-6-1-2-7-8(5-6)20-12(17-7)18-11(19)9-10(14)16-4-3-15-9/h1-5H,(H2,14,16)(H,17,18,19). The van der Waals surface area contributed by atoms with Gasteiger partial charge in [-0.3, -0.25) is 10.1 Å². The average Bonchev–Trinajstić information content (AvgIpc) is 2.80. The summed E-state index contributed by atoms with van der Waals surface area (Å²) < 4.78 is 13.7. The number of benzene rings is 1. The number of nitrogens with two attached hydrogens (primary N) is 1. The number of fused-ring (bicyclic) bond motifs is 1. The van der Waals surface area contributed by atoms with Gasteiger partial charge in [0.25, 0.3) is 5.91 Å². The normalized spacial score (nSPS) is 10.7. The molecule has 3 rings (SSSR count). The SMILES string of the molecule is Nc1nccnc1C(=O)Nc1nc2ccc(F)cc2s1. The summed E-state index contributed by atoms with van der Waals surface area (Å²) in [4.78, 5) is 23.8. The van der Waals surface area contributed by atoms with Gasteiger partial charge in [-0.1, -0.05) is 11.3 Å². The van der Waals surface area contributed by atoms with Crippen molar-refractivity contribution in [2.45, 2.75) is 0 Å². The molecule has 0 spiro atoms. The third-order valence-electron chi connectivity index (χ3n) is 2.51. The lowest BCUT2D eigenvalue weighted by molar-refractivity contribution is 0.102.